The molecule has 1 aliphatic heterocycles. The van der Waals surface area contributed by atoms with E-state index in [4.69, 9.17) is 4.74 Å². The van der Waals surface area contributed by atoms with E-state index in [2.05, 4.69) is 10.2 Å². The fraction of sp³-hybridized carbons (Fsp3) is 0.556. The summed E-state index contributed by atoms with van der Waals surface area (Å²) >= 11 is 0. The van der Waals surface area contributed by atoms with Crippen LogP contribution in [-0.4, -0.2) is 81.8 Å². The zero-order valence-corrected chi connectivity index (χ0v) is 18.3. The Balaban J connectivity index is 1.69. The molecule has 0 atom stereocenters. The summed E-state index contributed by atoms with van der Waals surface area (Å²) in [6, 6.07) is 1.39. The Bertz CT molecular complexity index is 1050. The number of hydrogen-bond acceptors (Lipinski definition) is 7. The Morgan fingerprint density at radius 2 is 1.80 bits per heavy atom. The fourth-order valence-corrected chi connectivity index (χ4v) is 4.91. The first-order valence-electron chi connectivity index (χ1n) is 9.73. The second kappa shape index (κ2) is 8.56. The molecule has 2 aromatic rings. The van der Waals surface area contributed by atoms with Gasteiger partial charge in [-0.2, -0.15) is 14.5 Å². The van der Waals surface area contributed by atoms with Gasteiger partial charge >= 0.3 is 5.97 Å². The maximum atomic E-state index is 13.0. The molecule has 2 aromatic heterocycles. The van der Waals surface area contributed by atoms with Crippen LogP contribution in [0.2, 0.25) is 0 Å². The Labute approximate surface area is 175 Å². The summed E-state index contributed by atoms with van der Waals surface area (Å²) in [4.78, 5) is 26.4. The highest BCUT2D eigenvalue weighted by Gasteiger charge is 2.33. The van der Waals surface area contributed by atoms with Gasteiger partial charge in [0, 0.05) is 52.0 Å². The van der Waals surface area contributed by atoms with Crippen LogP contribution in [0.5, 0.6) is 0 Å². The molecule has 3 rings (SSSR count). The smallest absolute Gasteiger partial charge is 0.356 e. The summed E-state index contributed by atoms with van der Waals surface area (Å²) in [6.07, 6.45) is 1.53. The standard InChI is InChI=1S/C18H26N6O5S/c1-5-23-12-16(13(3)19-23)30(27,28)24-9-7-22(8-10-24)17(25)14-11-15(21(4)20-14)18(26)29-6-2/h11-12H,5-10H2,1-4H3. The lowest BCUT2D eigenvalue weighted by atomic mass is 10.3. The van der Waals surface area contributed by atoms with Gasteiger partial charge in [-0.25, -0.2) is 13.2 Å². The van der Waals surface area contributed by atoms with E-state index in [1.165, 1.54) is 26.2 Å². The second-order valence-corrected chi connectivity index (χ2v) is 8.80. The zero-order chi connectivity index (χ0) is 22.1. The molecule has 1 saturated heterocycles. The molecule has 12 heteroatoms. The summed E-state index contributed by atoms with van der Waals surface area (Å²) in [5, 5.41) is 8.32. The third kappa shape index (κ3) is 4.10. The van der Waals surface area contributed by atoms with Crippen LogP contribution in [0.15, 0.2) is 17.2 Å². The van der Waals surface area contributed by atoms with Crippen molar-refractivity contribution in [2.45, 2.75) is 32.2 Å². The van der Waals surface area contributed by atoms with Crippen LogP contribution in [0.1, 0.15) is 40.5 Å². The van der Waals surface area contributed by atoms with E-state index in [1.54, 1.807) is 25.6 Å². The van der Waals surface area contributed by atoms with Gasteiger partial charge in [-0.1, -0.05) is 0 Å². The van der Waals surface area contributed by atoms with E-state index >= 15 is 0 Å². The molecule has 1 aliphatic rings. The summed E-state index contributed by atoms with van der Waals surface area (Å²) in [5.41, 5.74) is 0.761. The molecule has 30 heavy (non-hydrogen) atoms. The minimum atomic E-state index is -3.68. The number of piperazine rings is 1. The van der Waals surface area contributed by atoms with Crippen molar-refractivity contribution >= 4 is 21.9 Å². The van der Waals surface area contributed by atoms with Crippen molar-refractivity contribution in [1.29, 1.82) is 0 Å². The lowest BCUT2D eigenvalue weighted by molar-refractivity contribution is 0.0513. The second-order valence-electron chi connectivity index (χ2n) is 6.89. The summed E-state index contributed by atoms with van der Waals surface area (Å²) in [6.45, 7) is 6.85. The number of ether oxygens (including phenoxy) is 1. The molecule has 0 aromatic carbocycles. The summed E-state index contributed by atoms with van der Waals surface area (Å²) in [7, 11) is -2.12. The first kappa shape index (κ1) is 22.0. The van der Waals surface area contributed by atoms with Crippen molar-refractivity contribution in [3.63, 3.8) is 0 Å². The van der Waals surface area contributed by atoms with Crippen molar-refractivity contribution in [3.05, 3.63) is 29.3 Å². The maximum absolute atomic E-state index is 13.0. The minimum Gasteiger partial charge on any atom is -0.461 e. The maximum Gasteiger partial charge on any atom is 0.356 e. The van der Waals surface area contributed by atoms with Crippen molar-refractivity contribution in [2.75, 3.05) is 32.8 Å². The van der Waals surface area contributed by atoms with Crippen molar-refractivity contribution in [3.8, 4) is 0 Å². The number of carbonyl (C=O) groups excluding carboxylic acids is 2. The fourth-order valence-electron chi connectivity index (χ4n) is 3.32. The van der Waals surface area contributed by atoms with Crippen LogP contribution in [0.4, 0.5) is 0 Å². The molecular formula is C18H26N6O5S. The van der Waals surface area contributed by atoms with E-state index in [-0.39, 0.29) is 55.0 Å². The van der Waals surface area contributed by atoms with Gasteiger partial charge in [0.2, 0.25) is 10.0 Å². The molecular weight excluding hydrogens is 412 g/mol. The normalized spacial score (nSPS) is 15.4. The van der Waals surface area contributed by atoms with Crippen LogP contribution >= 0.6 is 0 Å². The highest BCUT2D eigenvalue weighted by molar-refractivity contribution is 7.89. The van der Waals surface area contributed by atoms with Gasteiger partial charge < -0.3 is 9.64 Å². The van der Waals surface area contributed by atoms with Crippen molar-refractivity contribution in [1.82, 2.24) is 28.8 Å². The van der Waals surface area contributed by atoms with E-state index < -0.39 is 16.0 Å². The van der Waals surface area contributed by atoms with E-state index in [0.717, 1.165) is 0 Å². The van der Waals surface area contributed by atoms with Crippen LogP contribution in [-0.2, 0) is 28.4 Å². The average molecular weight is 439 g/mol. The number of rotatable bonds is 6. The third-order valence-corrected chi connectivity index (χ3v) is 6.95. The van der Waals surface area contributed by atoms with Gasteiger partial charge in [-0.05, 0) is 20.8 Å². The van der Waals surface area contributed by atoms with Crippen molar-refractivity contribution < 1.29 is 22.7 Å². The molecule has 0 bridgehead atoms. The average Bonchev–Trinajstić information content (AvgIpc) is 3.30. The number of nitrogens with zero attached hydrogens (tertiary/aromatic N) is 6. The Kier molecular flexibility index (Phi) is 6.27. The topological polar surface area (TPSA) is 120 Å². The van der Waals surface area contributed by atoms with Crippen LogP contribution in [0.25, 0.3) is 0 Å². The zero-order valence-electron chi connectivity index (χ0n) is 17.5. The Morgan fingerprint density at radius 1 is 1.13 bits per heavy atom. The van der Waals surface area contributed by atoms with Gasteiger partial charge in [0.05, 0.1) is 12.3 Å². The van der Waals surface area contributed by atoms with Gasteiger partial charge in [-0.3, -0.25) is 14.2 Å². The molecule has 164 valence electrons. The monoisotopic (exact) mass is 438 g/mol. The molecule has 0 spiro atoms. The molecule has 11 nitrogen and oxygen atoms in total. The summed E-state index contributed by atoms with van der Waals surface area (Å²) < 4.78 is 35.2. The SMILES string of the molecule is CCOC(=O)c1cc(C(=O)N2CCN(S(=O)(=O)c3cn(CC)nc3C)CC2)nn1C. The van der Waals surface area contributed by atoms with Gasteiger partial charge in [-0.15, -0.1) is 0 Å². The number of amides is 1. The van der Waals surface area contributed by atoms with Gasteiger partial charge in [0.15, 0.2) is 5.69 Å². The molecule has 0 saturated carbocycles. The lowest BCUT2D eigenvalue weighted by Gasteiger charge is -2.33. The number of aryl methyl sites for hydroxylation is 3. The first-order valence-corrected chi connectivity index (χ1v) is 11.2. The minimum absolute atomic E-state index is 0.122. The molecule has 0 radical (unpaired) electrons. The Morgan fingerprint density at radius 3 is 2.37 bits per heavy atom. The molecule has 3 heterocycles. The van der Waals surface area contributed by atoms with E-state index in [1.807, 2.05) is 6.92 Å². The molecule has 0 unspecified atom stereocenters. The number of aromatic nitrogens is 4. The van der Waals surface area contributed by atoms with Gasteiger partial charge in [0.1, 0.15) is 10.6 Å². The van der Waals surface area contributed by atoms with Gasteiger partial charge in [0.25, 0.3) is 5.91 Å². The highest BCUT2D eigenvalue weighted by Crippen LogP contribution is 2.21. The predicted octanol–water partition coefficient (Wildman–Crippen LogP) is 0.268. The summed E-state index contributed by atoms with van der Waals surface area (Å²) in [5.74, 6) is -0.904. The quantitative estimate of drug-likeness (QED) is 0.594. The first-order chi connectivity index (χ1) is 14.2. The number of hydrogen-bond donors (Lipinski definition) is 0. The van der Waals surface area contributed by atoms with Crippen molar-refractivity contribution in [2.24, 2.45) is 7.05 Å². The number of sulfonamides is 1. The third-order valence-electron chi connectivity index (χ3n) is 4.95. The predicted molar refractivity (Wildman–Crippen MR) is 106 cm³/mol. The van der Waals surface area contributed by atoms with E-state index in [0.29, 0.717) is 12.2 Å². The molecule has 1 fully saturated rings. The van der Waals surface area contributed by atoms with Crippen LogP contribution in [0.3, 0.4) is 0 Å². The molecule has 0 N–H and O–H groups in total. The molecule has 1 amide bonds. The van der Waals surface area contributed by atoms with Crippen LogP contribution < -0.4 is 0 Å². The largest absolute Gasteiger partial charge is 0.461 e. The highest BCUT2D eigenvalue weighted by atomic mass is 32.2. The lowest BCUT2D eigenvalue weighted by Crippen LogP contribution is -2.50. The molecule has 0 aliphatic carbocycles. The number of carbonyl (C=O) groups is 2. The Hall–Kier alpha value is -2.73. The van der Waals surface area contributed by atoms with E-state index in [9.17, 15) is 18.0 Å². The van der Waals surface area contributed by atoms with Crippen LogP contribution in [0, 0.1) is 6.92 Å². The number of esters is 1.